The molecule has 0 saturated carbocycles. The zero-order valence-corrected chi connectivity index (χ0v) is 20.9. The van der Waals surface area contributed by atoms with Crippen molar-refractivity contribution in [2.24, 2.45) is 0 Å². The number of rotatable bonds is 4. The molecule has 0 spiro atoms. The molecule has 0 aliphatic carbocycles. The molecule has 34 heavy (non-hydrogen) atoms. The van der Waals surface area contributed by atoms with Crippen LogP contribution in [0.25, 0.3) is 0 Å². The van der Waals surface area contributed by atoms with Gasteiger partial charge in [-0.15, -0.1) is 0 Å². The fraction of sp³-hybridized carbons (Fsp3) is 0.259. The fourth-order valence-corrected chi connectivity index (χ4v) is 4.96. The Morgan fingerprint density at radius 1 is 0.971 bits per heavy atom. The van der Waals surface area contributed by atoms with E-state index in [1.807, 2.05) is 23.1 Å². The van der Waals surface area contributed by atoms with Crippen molar-refractivity contribution in [3.8, 4) is 0 Å². The number of anilines is 2. The third kappa shape index (κ3) is 4.97. The minimum Gasteiger partial charge on any atom is -0.322 e. The third-order valence-electron chi connectivity index (χ3n) is 6.26. The summed E-state index contributed by atoms with van der Waals surface area (Å²) in [4.78, 5) is 30.3. The lowest BCUT2D eigenvalue weighted by atomic mass is 10.0. The van der Waals surface area contributed by atoms with Crippen LogP contribution in [0, 0.1) is 0 Å². The van der Waals surface area contributed by atoms with Crippen LogP contribution in [-0.4, -0.2) is 36.9 Å². The highest BCUT2D eigenvalue weighted by molar-refractivity contribution is 6.37. The standard InChI is InChI=1S/C27H27Cl2N3O2/c1-17-8-15-24(31(2)3)22-6-4-5-7-25(22)32(17)27(34)18-9-12-20(13-10-18)30-26(33)21-14-11-19(28)16-23(21)29/h4-7,9-14,16-17,24H,8,15H2,1-3H3,(H,30,33). The van der Waals surface area contributed by atoms with E-state index in [0.717, 1.165) is 24.1 Å². The molecular weight excluding hydrogens is 469 g/mol. The maximum atomic E-state index is 13.6. The second kappa shape index (κ2) is 10.2. The molecule has 1 heterocycles. The molecule has 1 aliphatic heterocycles. The number of hydrogen-bond acceptors (Lipinski definition) is 3. The van der Waals surface area contributed by atoms with Gasteiger partial charge in [0.15, 0.2) is 0 Å². The van der Waals surface area contributed by atoms with Crippen molar-refractivity contribution in [2.75, 3.05) is 24.3 Å². The molecule has 5 nitrogen and oxygen atoms in total. The summed E-state index contributed by atoms with van der Waals surface area (Å²) in [7, 11) is 4.15. The number of hydrogen-bond donors (Lipinski definition) is 1. The Balaban J connectivity index is 1.57. The molecule has 0 radical (unpaired) electrons. The lowest BCUT2D eigenvalue weighted by Crippen LogP contribution is -2.38. The molecule has 4 rings (SSSR count). The maximum absolute atomic E-state index is 13.6. The van der Waals surface area contributed by atoms with Gasteiger partial charge in [0.05, 0.1) is 10.6 Å². The van der Waals surface area contributed by atoms with Crippen molar-refractivity contribution >= 4 is 46.4 Å². The van der Waals surface area contributed by atoms with E-state index in [-0.39, 0.29) is 28.9 Å². The van der Waals surface area contributed by atoms with E-state index in [4.69, 9.17) is 23.2 Å². The normalized spacial score (nSPS) is 17.8. The van der Waals surface area contributed by atoms with Crippen LogP contribution in [0.4, 0.5) is 11.4 Å². The first-order valence-corrected chi connectivity index (χ1v) is 12.0. The summed E-state index contributed by atoms with van der Waals surface area (Å²) in [6.07, 6.45) is 1.88. The topological polar surface area (TPSA) is 52.6 Å². The maximum Gasteiger partial charge on any atom is 0.258 e. The van der Waals surface area contributed by atoms with Crippen LogP contribution in [-0.2, 0) is 0 Å². The van der Waals surface area contributed by atoms with Crippen LogP contribution >= 0.6 is 23.2 Å². The van der Waals surface area contributed by atoms with Gasteiger partial charge >= 0.3 is 0 Å². The number of nitrogens with zero attached hydrogens (tertiary/aromatic N) is 2. The molecule has 7 heteroatoms. The second-order valence-corrected chi connectivity index (χ2v) is 9.64. The first-order chi connectivity index (χ1) is 16.3. The molecule has 2 amide bonds. The van der Waals surface area contributed by atoms with Gasteiger partial charge in [0, 0.05) is 34.0 Å². The van der Waals surface area contributed by atoms with Gasteiger partial charge in [0.2, 0.25) is 0 Å². The molecule has 0 aromatic heterocycles. The van der Waals surface area contributed by atoms with Gasteiger partial charge < -0.3 is 15.1 Å². The quantitative estimate of drug-likeness (QED) is 0.439. The summed E-state index contributed by atoms with van der Waals surface area (Å²) in [5.41, 5.74) is 3.58. The second-order valence-electron chi connectivity index (χ2n) is 8.80. The largest absolute Gasteiger partial charge is 0.322 e. The summed E-state index contributed by atoms with van der Waals surface area (Å²) >= 11 is 12.1. The third-order valence-corrected chi connectivity index (χ3v) is 6.81. The van der Waals surface area contributed by atoms with E-state index >= 15 is 0 Å². The highest BCUT2D eigenvalue weighted by Crippen LogP contribution is 2.38. The number of para-hydroxylation sites is 1. The molecule has 2 atom stereocenters. The predicted molar refractivity (Wildman–Crippen MR) is 139 cm³/mol. The zero-order chi connectivity index (χ0) is 24.4. The summed E-state index contributed by atoms with van der Waals surface area (Å²) in [5.74, 6) is -0.400. The van der Waals surface area contributed by atoms with Crippen LogP contribution in [0.2, 0.25) is 10.0 Å². The number of fused-ring (bicyclic) bond motifs is 1. The van der Waals surface area contributed by atoms with E-state index in [1.165, 1.54) is 6.07 Å². The van der Waals surface area contributed by atoms with Crippen molar-refractivity contribution < 1.29 is 9.59 Å². The van der Waals surface area contributed by atoms with Gasteiger partial charge in [-0.05, 0) is 88.0 Å². The van der Waals surface area contributed by atoms with E-state index in [1.54, 1.807) is 36.4 Å². The van der Waals surface area contributed by atoms with Gasteiger partial charge in [-0.3, -0.25) is 9.59 Å². The minimum atomic E-state index is -0.342. The lowest BCUT2D eigenvalue weighted by Gasteiger charge is -2.29. The van der Waals surface area contributed by atoms with Gasteiger partial charge in [-0.2, -0.15) is 0 Å². The number of halogens is 2. The van der Waals surface area contributed by atoms with Gasteiger partial charge in [0.1, 0.15) is 0 Å². The van der Waals surface area contributed by atoms with Crippen LogP contribution < -0.4 is 10.2 Å². The molecule has 0 bridgehead atoms. The number of carbonyl (C=O) groups is 2. The molecule has 3 aromatic carbocycles. The Morgan fingerprint density at radius 3 is 2.35 bits per heavy atom. The van der Waals surface area contributed by atoms with E-state index in [2.05, 4.69) is 37.3 Å². The molecule has 0 saturated heterocycles. The van der Waals surface area contributed by atoms with Crippen molar-refractivity contribution in [2.45, 2.75) is 31.8 Å². The Labute approximate surface area is 210 Å². The van der Waals surface area contributed by atoms with Gasteiger partial charge in [0.25, 0.3) is 11.8 Å². The smallest absolute Gasteiger partial charge is 0.258 e. The Morgan fingerprint density at radius 2 is 1.68 bits per heavy atom. The van der Waals surface area contributed by atoms with Crippen molar-refractivity contribution in [1.29, 1.82) is 0 Å². The molecular formula is C27H27Cl2N3O2. The van der Waals surface area contributed by atoms with Crippen molar-refractivity contribution in [3.05, 3.63) is 93.5 Å². The highest BCUT2D eigenvalue weighted by Gasteiger charge is 2.32. The van der Waals surface area contributed by atoms with Crippen LogP contribution in [0.15, 0.2) is 66.7 Å². The summed E-state index contributed by atoms with van der Waals surface area (Å²) in [6, 6.07) is 20.1. The number of benzene rings is 3. The summed E-state index contributed by atoms with van der Waals surface area (Å²) < 4.78 is 0. The Hall–Kier alpha value is -2.86. The molecule has 1 N–H and O–H groups in total. The van der Waals surface area contributed by atoms with E-state index < -0.39 is 0 Å². The zero-order valence-electron chi connectivity index (χ0n) is 19.4. The summed E-state index contributed by atoms with van der Waals surface area (Å²) in [6.45, 7) is 2.09. The molecule has 176 valence electrons. The lowest BCUT2D eigenvalue weighted by molar-refractivity contribution is 0.0976. The van der Waals surface area contributed by atoms with Crippen molar-refractivity contribution in [1.82, 2.24) is 4.90 Å². The average Bonchev–Trinajstić information content (AvgIpc) is 2.95. The van der Waals surface area contributed by atoms with E-state index in [0.29, 0.717) is 21.8 Å². The number of nitrogens with one attached hydrogen (secondary N) is 1. The summed E-state index contributed by atoms with van der Waals surface area (Å²) in [5, 5.41) is 3.56. The molecule has 0 fully saturated rings. The van der Waals surface area contributed by atoms with Gasteiger partial charge in [-0.25, -0.2) is 0 Å². The molecule has 3 aromatic rings. The Kier molecular flexibility index (Phi) is 7.27. The Bertz CT molecular complexity index is 1210. The highest BCUT2D eigenvalue weighted by atomic mass is 35.5. The number of amides is 2. The first-order valence-electron chi connectivity index (χ1n) is 11.2. The average molecular weight is 496 g/mol. The molecule has 2 unspecified atom stereocenters. The van der Waals surface area contributed by atoms with E-state index in [9.17, 15) is 9.59 Å². The van der Waals surface area contributed by atoms with Crippen LogP contribution in [0.1, 0.15) is 52.1 Å². The fourth-order valence-electron chi connectivity index (χ4n) is 4.46. The SMILES string of the molecule is CC1CCC(N(C)C)c2ccccc2N1C(=O)c1ccc(NC(=O)c2ccc(Cl)cc2Cl)cc1. The first kappa shape index (κ1) is 24.3. The monoisotopic (exact) mass is 495 g/mol. The number of carbonyl (C=O) groups excluding carboxylic acids is 2. The van der Waals surface area contributed by atoms with Gasteiger partial charge in [-0.1, -0.05) is 41.4 Å². The minimum absolute atomic E-state index is 0.0574. The molecule has 1 aliphatic rings. The van der Waals surface area contributed by atoms with Crippen LogP contribution in [0.3, 0.4) is 0 Å². The van der Waals surface area contributed by atoms with Crippen molar-refractivity contribution in [3.63, 3.8) is 0 Å². The predicted octanol–water partition coefficient (Wildman–Crippen LogP) is 6.68. The van der Waals surface area contributed by atoms with Crippen LogP contribution in [0.5, 0.6) is 0 Å².